The minimum Gasteiger partial charge on any atom is -0.317 e. The lowest BCUT2D eigenvalue weighted by Gasteiger charge is -2.41. The summed E-state index contributed by atoms with van der Waals surface area (Å²) in [5.41, 5.74) is 5.38. The minimum absolute atomic E-state index is 0.0278. The van der Waals surface area contributed by atoms with Crippen molar-refractivity contribution < 1.29 is 4.79 Å². The van der Waals surface area contributed by atoms with E-state index in [0.717, 1.165) is 8.79 Å². The van der Waals surface area contributed by atoms with Gasteiger partial charge in [0.05, 0.1) is 21.9 Å². The Hall–Kier alpha value is -0.500. The van der Waals surface area contributed by atoms with Crippen LogP contribution in [-0.4, -0.2) is 29.1 Å². The number of hydrogen-bond acceptors (Lipinski definition) is 5. The number of rotatable bonds is 1. The summed E-state index contributed by atoms with van der Waals surface area (Å²) >= 11 is 4.88. The van der Waals surface area contributed by atoms with Crippen LogP contribution in [0.15, 0.2) is 9.98 Å². The van der Waals surface area contributed by atoms with Gasteiger partial charge in [-0.05, 0) is 22.9 Å². The number of thiazole rings is 1. The van der Waals surface area contributed by atoms with E-state index in [9.17, 15) is 4.79 Å². The molecule has 1 saturated heterocycles. The molecule has 2 rings (SSSR count). The van der Waals surface area contributed by atoms with Crippen LogP contribution in [0.5, 0.6) is 0 Å². The van der Waals surface area contributed by atoms with Gasteiger partial charge < -0.3 is 4.90 Å². The lowest BCUT2D eigenvalue weighted by molar-refractivity contribution is -0.139. The molecule has 5 nitrogen and oxygen atoms in total. The maximum Gasteiger partial charge on any atom is 0.226 e. The quantitative estimate of drug-likeness (QED) is 0.806. The molecule has 1 fully saturated rings. The number of carbonyl (C=O) groups excluding carboxylic acids is 1. The van der Waals surface area contributed by atoms with Crippen molar-refractivity contribution in [2.24, 2.45) is 5.73 Å². The van der Waals surface area contributed by atoms with E-state index in [-0.39, 0.29) is 5.91 Å². The van der Waals surface area contributed by atoms with Gasteiger partial charge in [-0.1, -0.05) is 0 Å². The van der Waals surface area contributed by atoms with Crippen LogP contribution < -0.4 is 11.1 Å². The van der Waals surface area contributed by atoms with Gasteiger partial charge in [-0.15, -0.1) is 11.3 Å². The summed E-state index contributed by atoms with van der Waals surface area (Å²) in [5.74, 6) is 0.0278. The second-order valence-electron chi connectivity index (χ2n) is 4.07. The molecule has 1 amide bonds. The number of hydrogen-bond donors (Lipinski definition) is 2. The van der Waals surface area contributed by atoms with Crippen molar-refractivity contribution in [2.45, 2.75) is 25.2 Å². The molecule has 1 aromatic rings. The first-order chi connectivity index (χ1) is 7.42. The summed E-state index contributed by atoms with van der Waals surface area (Å²) in [5, 5.41) is 4.08. The van der Waals surface area contributed by atoms with Crippen molar-refractivity contribution in [1.29, 1.82) is 0 Å². The van der Waals surface area contributed by atoms with E-state index in [4.69, 9.17) is 5.73 Å². The van der Waals surface area contributed by atoms with Crippen molar-refractivity contribution in [3.05, 3.63) is 15.0 Å². The van der Waals surface area contributed by atoms with Crippen LogP contribution in [0.2, 0.25) is 0 Å². The molecule has 1 unspecified atom stereocenters. The standard InChI is InChI=1S/C9H13BrN4OS/c1-9(7-12-4-5(10)16-7)3-6(15)14(2)8(11)13-9/h4,8,13H,3,11H2,1-2H3/t8?,9-/m0/s1. The maximum atomic E-state index is 11.8. The summed E-state index contributed by atoms with van der Waals surface area (Å²) < 4.78 is 0.950. The van der Waals surface area contributed by atoms with Crippen molar-refractivity contribution in [2.75, 3.05) is 7.05 Å². The molecule has 0 saturated carbocycles. The van der Waals surface area contributed by atoms with Crippen LogP contribution in [0.4, 0.5) is 0 Å². The molecule has 0 spiro atoms. The Morgan fingerprint density at radius 2 is 2.50 bits per heavy atom. The molecule has 2 heterocycles. The Morgan fingerprint density at radius 3 is 3.00 bits per heavy atom. The lowest BCUT2D eigenvalue weighted by atomic mass is 9.95. The Bertz CT molecular complexity index is 423. The monoisotopic (exact) mass is 304 g/mol. The third-order valence-electron chi connectivity index (χ3n) is 2.73. The zero-order valence-corrected chi connectivity index (χ0v) is 11.4. The third-order valence-corrected chi connectivity index (χ3v) is 4.47. The van der Waals surface area contributed by atoms with E-state index in [2.05, 4.69) is 26.2 Å². The summed E-state index contributed by atoms with van der Waals surface area (Å²) in [4.78, 5) is 17.6. The summed E-state index contributed by atoms with van der Waals surface area (Å²) in [6.07, 6.45) is 1.65. The molecule has 88 valence electrons. The highest BCUT2D eigenvalue weighted by Gasteiger charge is 2.40. The highest BCUT2D eigenvalue weighted by atomic mass is 79.9. The second-order valence-corrected chi connectivity index (χ2v) is 6.48. The molecule has 0 bridgehead atoms. The van der Waals surface area contributed by atoms with Gasteiger partial charge in [-0.3, -0.25) is 15.8 Å². The predicted molar refractivity (Wildman–Crippen MR) is 65.7 cm³/mol. The van der Waals surface area contributed by atoms with Gasteiger partial charge in [0.25, 0.3) is 0 Å². The number of nitrogens with two attached hydrogens (primary N) is 1. The fourth-order valence-corrected chi connectivity index (χ4v) is 3.02. The SMILES string of the molecule is CN1C(=O)C[C@@](C)(c2ncc(Br)s2)NC1N. The smallest absolute Gasteiger partial charge is 0.226 e. The topological polar surface area (TPSA) is 71.2 Å². The summed E-state index contributed by atoms with van der Waals surface area (Å²) in [6.45, 7) is 1.95. The number of nitrogens with one attached hydrogen (secondary N) is 1. The Labute approximate surface area is 106 Å². The first-order valence-electron chi connectivity index (χ1n) is 4.83. The zero-order valence-electron chi connectivity index (χ0n) is 9.03. The predicted octanol–water partition coefficient (Wildman–Crippen LogP) is 0.815. The minimum atomic E-state index is -0.473. The lowest BCUT2D eigenvalue weighted by Crippen LogP contribution is -2.64. The molecule has 0 aromatic carbocycles. The van der Waals surface area contributed by atoms with Gasteiger partial charge in [0.2, 0.25) is 5.91 Å². The van der Waals surface area contributed by atoms with Crippen LogP contribution in [0.1, 0.15) is 18.4 Å². The van der Waals surface area contributed by atoms with Crippen molar-refractivity contribution in [1.82, 2.24) is 15.2 Å². The molecule has 16 heavy (non-hydrogen) atoms. The highest BCUT2D eigenvalue weighted by molar-refractivity contribution is 9.11. The molecule has 1 aliphatic rings. The third kappa shape index (κ3) is 2.00. The molecule has 1 aliphatic heterocycles. The number of aromatic nitrogens is 1. The number of nitrogens with zero attached hydrogens (tertiary/aromatic N) is 2. The van der Waals surface area contributed by atoms with E-state index in [1.54, 1.807) is 13.2 Å². The van der Waals surface area contributed by atoms with Gasteiger partial charge in [0, 0.05) is 7.05 Å². The number of carbonyl (C=O) groups is 1. The Balaban J connectivity index is 2.29. The van der Waals surface area contributed by atoms with Crippen molar-refractivity contribution >= 4 is 33.2 Å². The van der Waals surface area contributed by atoms with Gasteiger partial charge in [-0.25, -0.2) is 4.98 Å². The van der Waals surface area contributed by atoms with Crippen molar-refractivity contribution in [3.8, 4) is 0 Å². The molecule has 0 radical (unpaired) electrons. The van der Waals surface area contributed by atoms with Gasteiger partial charge >= 0.3 is 0 Å². The normalized spacial score (nSPS) is 30.9. The molecule has 1 aromatic heterocycles. The fraction of sp³-hybridized carbons (Fsp3) is 0.556. The van der Waals surface area contributed by atoms with E-state index >= 15 is 0 Å². The van der Waals surface area contributed by atoms with E-state index in [1.165, 1.54) is 16.2 Å². The number of halogens is 1. The first kappa shape index (κ1) is 12.0. The molecular weight excluding hydrogens is 292 g/mol. The van der Waals surface area contributed by atoms with E-state index in [1.807, 2.05) is 6.92 Å². The van der Waals surface area contributed by atoms with Crippen molar-refractivity contribution in [3.63, 3.8) is 0 Å². The number of amides is 1. The van der Waals surface area contributed by atoms with Gasteiger partial charge in [-0.2, -0.15) is 0 Å². The van der Waals surface area contributed by atoms with Crippen LogP contribution in [0, 0.1) is 0 Å². The largest absolute Gasteiger partial charge is 0.317 e. The average Bonchev–Trinajstić information content (AvgIpc) is 2.62. The van der Waals surface area contributed by atoms with Crippen LogP contribution in [0.3, 0.4) is 0 Å². The average molecular weight is 305 g/mol. The molecule has 0 aliphatic carbocycles. The summed E-state index contributed by atoms with van der Waals surface area (Å²) in [6, 6.07) is 0. The summed E-state index contributed by atoms with van der Waals surface area (Å²) in [7, 11) is 1.69. The van der Waals surface area contributed by atoms with E-state index < -0.39 is 11.8 Å². The first-order valence-corrected chi connectivity index (χ1v) is 6.44. The Kier molecular flexibility index (Phi) is 3.04. The molecule has 2 atom stereocenters. The van der Waals surface area contributed by atoms with Crippen LogP contribution >= 0.6 is 27.3 Å². The molecule has 7 heteroatoms. The van der Waals surface area contributed by atoms with E-state index in [0.29, 0.717) is 6.42 Å². The van der Waals surface area contributed by atoms with Gasteiger partial charge in [0.15, 0.2) is 0 Å². The Morgan fingerprint density at radius 1 is 1.81 bits per heavy atom. The van der Waals surface area contributed by atoms with Crippen LogP contribution in [-0.2, 0) is 10.3 Å². The second kappa shape index (κ2) is 4.06. The van der Waals surface area contributed by atoms with Crippen LogP contribution in [0.25, 0.3) is 0 Å². The molecule has 3 N–H and O–H groups in total. The fourth-order valence-electron chi connectivity index (χ4n) is 1.70. The maximum absolute atomic E-state index is 11.8. The highest BCUT2D eigenvalue weighted by Crippen LogP contribution is 2.33. The molecular formula is C9H13BrN4OS. The van der Waals surface area contributed by atoms with Gasteiger partial charge in [0.1, 0.15) is 11.3 Å². The zero-order chi connectivity index (χ0) is 11.9.